The SMILES string of the molecule is C[C@@]1(c2cccc(CC(=O)c3ccc(Cl)cn3)n2)CCSC(N)=N1. The van der Waals surface area contributed by atoms with E-state index in [1.54, 1.807) is 23.9 Å². The van der Waals surface area contributed by atoms with E-state index >= 15 is 0 Å². The minimum absolute atomic E-state index is 0.0938. The first-order valence-corrected chi connectivity index (χ1v) is 8.92. The van der Waals surface area contributed by atoms with Gasteiger partial charge in [-0.1, -0.05) is 29.4 Å². The number of carbonyl (C=O) groups excluding carboxylic acids is 1. The minimum atomic E-state index is -0.438. The number of carbonyl (C=O) groups is 1. The third kappa shape index (κ3) is 3.76. The number of nitrogens with zero attached hydrogens (tertiary/aromatic N) is 3. The van der Waals surface area contributed by atoms with E-state index in [9.17, 15) is 4.79 Å². The van der Waals surface area contributed by atoms with E-state index in [1.165, 1.54) is 6.20 Å². The van der Waals surface area contributed by atoms with Gasteiger partial charge < -0.3 is 5.73 Å². The third-order valence-electron chi connectivity index (χ3n) is 3.91. The van der Waals surface area contributed by atoms with Crippen molar-refractivity contribution in [3.8, 4) is 0 Å². The lowest BCUT2D eigenvalue weighted by Gasteiger charge is -2.28. The van der Waals surface area contributed by atoms with Gasteiger partial charge in [-0.05, 0) is 37.6 Å². The molecule has 1 aliphatic heterocycles. The number of hydrogen-bond acceptors (Lipinski definition) is 6. The van der Waals surface area contributed by atoms with Gasteiger partial charge in [0.1, 0.15) is 11.2 Å². The van der Waals surface area contributed by atoms with Crippen molar-refractivity contribution >= 4 is 34.3 Å². The zero-order valence-electron chi connectivity index (χ0n) is 13.2. The Morgan fingerprint density at radius 1 is 1.38 bits per heavy atom. The zero-order valence-corrected chi connectivity index (χ0v) is 14.8. The lowest BCUT2D eigenvalue weighted by Crippen LogP contribution is -2.30. The standard InChI is InChI=1S/C17H17ClN4OS/c1-17(7-8-24-16(19)22-17)15-4-2-3-12(21-15)9-14(23)13-6-5-11(18)10-20-13/h2-6,10H,7-9H2,1H3,(H2,19,22)/t17-/m0/s1. The molecule has 0 amide bonds. The van der Waals surface area contributed by atoms with Crippen molar-refractivity contribution in [3.63, 3.8) is 0 Å². The van der Waals surface area contributed by atoms with Crippen LogP contribution in [0.5, 0.6) is 0 Å². The van der Waals surface area contributed by atoms with Crippen LogP contribution >= 0.6 is 23.4 Å². The number of amidine groups is 1. The Bertz CT molecular complexity index is 793. The average molecular weight is 361 g/mol. The van der Waals surface area contributed by atoms with Crippen LogP contribution < -0.4 is 5.73 Å². The number of aliphatic imine (C=N–C) groups is 1. The summed E-state index contributed by atoms with van der Waals surface area (Å²) >= 11 is 7.36. The van der Waals surface area contributed by atoms with E-state index in [0.29, 0.717) is 21.6 Å². The van der Waals surface area contributed by atoms with Crippen molar-refractivity contribution in [1.82, 2.24) is 9.97 Å². The summed E-state index contributed by atoms with van der Waals surface area (Å²) in [5.41, 5.74) is 7.34. The highest BCUT2D eigenvalue weighted by Gasteiger charge is 2.31. The zero-order chi connectivity index (χ0) is 17.2. The van der Waals surface area contributed by atoms with Crippen LogP contribution in [-0.2, 0) is 12.0 Å². The predicted molar refractivity (Wildman–Crippen MR) is 97.6 cm³/mol. The van der Waals surface area contributed by atoms with Gasteiger partial charge in [0.2, 0.25) is 0 Å². The van der Waals surface area contributed by atoms with Crippen LogP contribution in [0.2, 0.25) is 5.02 Å². The summed E-state index contributed by atoms with van der Waals surface area (Å²) in [6.07, 6.45) is 2.52. The van der Waals surface area contributed by atoms with Crippen LogP contribution in [0.4, 0.5) is 0 Å². The maximum absolute atomic E-state index is 12.3. The Labute approximate surface area is 149 Å². The fourth-order valence-corrected chi connectivity index (χ4v) is 3.63. The van der Waals surface area contributed by atoms with Crippen LogP contribution in [0.15, 0.2) is 41.5 Å². The van der Waals surface area contributed by atoms with Crippen LogP contribution in [0.25, 0.3) is 0 Å². The molecule has 1 aliphatic rings. The number of thioether (sulfide) groups is 1. The van der Waals surface area contributed by atoms with Crippen LogP contribution in [0, 0.1) is 0 Å². The first-order chi connectivity index (χ1) is 11.5. The lowest BCUT2D eigenvalue weighted by atomic mass is 9.94. The summed E-state index contributed by atoms with van der Waals surface area (Å²) in [6.45, 7) is 2.02. The highest BCUT2D eigenvalue weighted by atomic mass is 35.5. The minimum Gasteiger partial charge on any atom is -0.379 e. The molecule has 1 atom stereocenters. The Kier molecular flexibility index (Phi) is 4.87. The lowest BCUT2D eigenvalue weighted by molar-refractivity contribution is 0.0987. The number of halogens is 1. The largest absolute Gasteiger partial charge is 0.379 e. The first kappa shape index (κ1) is 16.9. The molecule has 0 fully saturated rings. The van der Waals surface area contributed by atoms with Gasteiger partial charge in [0, 0.05) is 17.6 Å². The highest BCUT2D eigenvalue weighted by Crippen LogP contribution is 2.33. The molecule has 7 heteroatoms. The smallest absolute Gasteiger partial charge is 0.187 e. The van der Waals surface area contributed by atoms with E-state index in [4.69, 9.17) is 17.3 Å². The maximum atomic E-state index is 12.3. The topological polar surface area (TPSA) is 81.2 Å². The molecule has 3 rings (SSSR count). The average Bonchev–Trinajstić information content (AvgIpc) is 2.55. The molecule has 0 radical (unpaired) electrons. The molecule has 0 aliphatic carbocycles. The van der Waals surface area contributed by atoms with Gasteiger partial charge in [-0.15, -0.1) is 0 Å². The number of ketones is 1. The number of pyridine rings is 2. The van der Waals surface area contributed by atoms with E-state index < -0.39 is 5.54 Å². The molecular weight excluding hydrogens is 344 g/mol. The molecule has 0 unspecified atom stereocenters. The second-order valence-electron chi connectivity index (χ2n) is 5.80. The fourth-order valence-electron chi connectivity index (χ4n) is 2.54. The number of Topliss-reactive ketones (excluding diaryl/α,β-unsaturated/α-hetero) is 1. The highest BCUT2D eigenvalue weighted by molar-refractivity contribution is 8.13. The Balaban J connectivity index is 1.82. The quantitative estimate of drug-likeness (QED) is 0.846. The Morgan fingerprint density at radius 3 is 2.92 bits per heavy atom. The fraction of sp³-hybridized carbons (Fsp3) is 0.294. The molecule has 2 N–H and O–H groups in total. The second-order valence-corrected chi connectivity index (χ2v) is 7.35. The summed E-state index contributed by atoms with van der Waals surface area (Å²) in [7, 11) is 0. The van der Waals surface area contributed by atoms with E-state index in [2.05, 4.69) is 15.0 Å². The van der Waals surface area contributed by atoms with E-state index in [1.807, 2.05) is 25.1 Å². The summed E-state index contributed by atoms with van der Waals surface area (Å²) in [4.78, 5) is 25.6. The molecular formula is C17H17ClN4OS. The number of nitrogens with two attached hydrogens (primary N) is 1. The summed E-state index contributed by atoms with van der Waals surface area (Å²) in [6, 6.07) is 8.95. The van der Waals surface area contributed by atoms with Gasteiger partial charge in [-0.3, -0.25) is 14.8 Å². The molecule has 0 saturated heterocycles. The van der Waals surface area contributed by atoms with E-state index in [-0.39, 0.29) is 12.2 Å². The molecule has 3 heterocycles. The first-order valence-electron chi connectivity index (χ1n) is 7.55. The third-order valence-corrected chi connectivity index (χ3v) is 4.93. The molecule has 5 nitrogen and oxygen atoms in total. The van der Waals surface area contributed by atoms with Gasteiger partial charge in [-0.2, -0.15) is 0 Å². The van der Waals surface area contributed by atoms with Crippen LogP contribution in [0.3, 0.4) is 0 Å². The maximum Gasteiger partial charge on any atom is 0.187 e. The van der Waals surface area contributed by atoms with Crippen molar-refractivity contribution in [3.05, 3.63) is 58.6 Å². The van der Waals surface area contributed by atoms with Crippen molar-refractivity contribution < 1.29 is 4.79 Å². The summed E-state index contributed by atoms with van der Waals surface area (Å²) in [5.74, 6) is 0.814. The summed E-state index contributed by atoms with van der Waals surface area (Å²) in [5, 5.41) is 1.09. The molecule has 124 valence electrons. The molecule has 24 heavy (non-hydrogen) atoms. The number of rotatable bonds is 4. The van der Waals surface area contributed by atoms with E-state index in [0.717, 1.165) is 17.9 Å². The molecule has 0 bridgehead atoms. The monoisotopic (exact) mass is 360 g/mol. The molecule has 0 spiro atoms. The van der Waals surface area contributed by atoms with Crippen molar-refractivity contribution in [2.75, 3.05) is 5.75 Å². The van der Waals surface area contributed by atoms with Crippen LogP contribution in [-0.4, -0.2) is 26.7 Å². The molecule has 0 saturated carbocycles. The van der Waals surface area contributed by atoms with Gasteiger partial charge >= 0.3 is 0 Å². The van der Waals surface area contributed by atoms with Gasteiger partial charge in [0.15, 0.2) is 11.0 Å². The summed E-state index contributed by atoms with van der Waals surface area (Å²) < 4.78 is 0. The Morgan fingerprint density at radius 2 is 2.21 bits per heavy atom. The predicted octanol–water partition coefficient (Wildman–Crippen LogP) is 3.22. The van der Waals surface area contributed by atoms with Gasteiger partial charge in [0.05, 0.1) is 17.1 Å². The van der Waals surface area contributed by atoms with Gasteiger partial charge in [-0.25, -0.2) is 4.99 Å². The van der Waals surface area contributed by atoms with Gasteiger partial charge in [0.25, 0.3) is 0 Å². The normalized spacial score (nSPS) is 20.5. The van der Waals surface area contributed by atoms with Crippen LogP contribution in [0.1, 0.15) is 35.2 Å². The number of hydrogen-bond donors (Lipinski definition) is 1. The molecule has 2 aromatic rings. The molecule has 2 aromatic heterocycles. The van der Waals surface area contributed by atoms with Crippen molar-refractivity contribution in [2.45, 2.75) is 25.3 Å². The molecule has 0 aromatic carbocycles. The second kappa shape index (κ2) is 6.91. The van der Waals surface area contributed by atoms with Crippen molar-refractivity contribution in [1.29, 1.82) is 0 Å². The van der Waals surface area contributed by atoms with Crippen molar-refractivity contribution in [2.24, 2.45) is 10.7 Å². The number of aromatic nitrogens is 2. The Hall–Kier alpha value is -1.92.